The minimum Gasteiger partial charge on any atom is -0.454 e. The highest BCUT2D eigenvalue weighted by atomic mass is 19.4. The molecule has 2 aliphatic heterocycles. The van der Waals surface area contributed by atoms with Crippen LogP contribution < -0.4 is 20.3 Å². The molecule has 1 saturated heterocycles. The van der Waals surface area contributed by atoms with Gasteiger partial charge in [-0.3, -0.25) is 4.79 Å². The van der Waals surface area contributed by atoms with E-state index in [-0.39, 0.29) is 22.7 Å². The van der Waals surface area contributed by atoms with Gasteiger partial charge in [0.05, 0.1) is 22.5 Å². The van der Waals surface area contributed by atoms with E-state index in [4.69, 9.17) is 14.0 Å². The third-order valence-corrected chi connectivity index (χ3v) is 5.43. The summed E-state index contributed by atoms with van der Waals surface area (Å²) in [7, 11) is -0.675. The zero-order valence-electron chi connectivity index (χ0n) is 16.7. The number of anilines is 1. The predicted molar refractivity (Wildman–Crippen MR) is 103 cm³/mol. The molecule has 2 heterocycles. The lowest BCUT2D eigenvalue weighted by Crippen LogP contribution is -2.41. The molecule has 6 nitrogen and oxygen atoms in total. The first-order valence-corrected chi connectivity index (χ1v) is 9.23. The number of alkyl halides is 3. The summed E-state index contributed by atoms with van der Waals surface area (Å²) in [6.45, 7) is 7.68. The fourth-order valence-electron chi connectivity index (χ4n) is 3.14. The molecule has 158 valence electrons. The van der Waals surface area contributed by atoms with Gasteiger partial charge in [-0.2, -0.15) is 0 Å². The van der Waals surface area contributed by atoms with E-state index in [9.17, 15) is 18.0 Å². The lowest BCUT2D eigenvalue weighted by atomic mass is 9.78. The summed E-state index contributed by atoms with van der Waals surface area (Å²) in [6.07, 6.45) is -4.84. The van der Waals surface area contributed by atoms with E-state index in [2.05, 4.69) is 10.1 Å². The highest BCUT2D eigenvalue weighted by Gasteiger charge is 2.51. The highest BCUT2D eigenvalue weighted by molar-refractivity contribution is 6.62. The average Bonchev–Trinajstić information content (AvgIpc) is 2.75. The van der Waals surface area contributed by atoms with Gasteiger partial charge in [0.1, 0.15) is 11.5 Å². The molecule has 1 fully saturated rings. The number of amides is 1. The molecule has 10 heteroatoms. The van der Waals surface area contributed by atoms with Crippen molar-refractivity contribution < 1.29 is 36.7 Å². The van der Waals surface area contributed by atoms with E-state index in [1.807, 2.05) is 27.7 Å². The van der Waals surface area contributed by atoms with Gasteiger partial charge in [0, 0.05) is 6.07 Å². The molecule has 2 aromatic rings. The standard InChI is InChI=1S/C20H19BF3NO5/c1-18(2)19(3,4)30-21(29-18)11-5-7-15-13(9-11)17(26)25-14-10-12(28-20(22,23)24)6-8-16(14)27-15/h5-10H,1-4H3,(H,25,26). The molecule has 1 N–H and O–H groups in total. The smallest absolute Gasteiger partial charge is 0.454 e. The Morgan fingerprint density at radius 3 is 2.23 bits per heavy atom. The van der Waals surface area contributed by atoms with Crippen LogP contribution in [0.5, 0.6) is 17.2 Å². The first-order chi connectivity index (χ1) is 13.8. The van der Waals surface area contributed by atoms with Gasteiger partial charge in [-0.1, -0.05) is 6.07 Å². The molecule has 0 bridgehead atoms. The Morgan fingerprint density at radius 2 is 1.60 bits per heavy atom. The number of rotatable bonds is 2. The van der Waals surface area contributed by atoms with Crippen LogP contribution in [-0.2, 0) is 9.31 Å². The van der Waals surface area contributed by atoms with Crippen molar-refractivity contribution in [2.45, 2.75) is 45.3 Å². The molecule has 30 heavy (non-hydrogen) atoms. The van der Waals surface area contributed by atoms with Crippen LogP contribution in [-0.4, -0.2) is 30.6 Å². The zero-order chi connectivity index (χ0) is 21.9. The summed E-state index contributed by atoms with van der Waals surface area (Å²) >= 11 is 0. The molecular weight excluding hydrogens is 402 g/mol. The maximum atomic E-state index is 12.8. The quantitative estimate of drug-likeness (QED) is 0.735. The van der Waals surface area contributed by atoms with E-state index in [1.165, 1.54) is 6.07 Å². The molecule has 0 aromatic heterocycles. The van der Waals surface area contributed by atoms with Crippen molar-refractivity contribution >= 4 is 24.2 Å². The largest absolute Gasteiger partial charge is 0.573 e. The van der Waals surface area contributed by atoms with Gasteiger partial charge in [0.15, 0.2) is 5.75 Å². The van der Waals surface area contributed by atoms with E-state index in [0.29, 0.717) is 5.46 Å². The van der Waals surface area contributed by atoms with Crippen molar-refractivity contribution in [3.63, 3.8) is 0 Å². The van der Waals surface area contributed by atoms with Crippen LogP contribution in [0.15, 0.2) is 36.4 Å². The number of carbonyl (C=O) groups is 1. The first-order valence-electron chi connectivity index (χ1n) is 9.23. The normalized spacial score (nSPS) is 19.3. The van der Waals surface area contributed by atoms with Crippen LogP contribution in [0.25, 0.3) is 0 Å². The first kappa shape index (κ1) is 20.6. The molecule has 2 aromatic carbocycles. The Bertz CT molecular complexity index is 1010. The summed E-state index contributed by atoms with van der Waals surface area (Å²) in [5.74, 6) is -0.545. The van der Waals surface area contributed by atoms with E-state index in [1.54, 1.807) is 18.2 Å². The summed E-state index contributed by atoms with van der Waals surface area (Å²) in [4.78, 5) is 12.8. The highest BCUT2D eigenvalue weighted by Crippen LogP contribution is 2.40. The van der Waals surface area contributed by atoms with Gasteiger partial charge in [0.25, 0.3) is 5.91 Å². The molecule has 0 spiro atoms. The second kappa shape index (κ2) is 6.65. The van der Waals surface area contributed by atoms with E-state index >= 15 is 0 Å². The monoisotopic (exact) mass is 421 g/mol. The maximum Gasteiger partial charge on any atom is 0.573 e. The molecule has 0 aliphatic carbocycles. The van der Waals surface area contributed by atoms with Gasteiger partial charge >= 0.3 is 13.5 Å². The third kappa shape index (κ3) is 3.72. The van der Waals surface area contributed by atoms with Crippen LogP contribution in [0.3, 0.4) is 0 Å². The van der Waals surface area contributed by atoms with Crippen LogP contribution in [0.4, 0.5) is 18.9 Å². The molecule has 0 saturated carbocycles. The third-order valence-electron chi connectivity index (χ3n) is 5.43. The number of halogens is 3. The second-order valence-electron chi connectivity index (χ2n) is 8.11. The Labute approximate surface area is 171 Å². The number of hydrogen-bond donors (Lipinski definition) is 1. The summed E-state index contributed by atoms with van der Waals surface area (Å²) in [6, 6.07) is 8.38. The number of hydrogen-bond acceptors (Lipinski definition) is 5. The van der Waals surface area contributed by atoms with Crippen molar-refractivity contribution in [3.8, 4) is 17.2 Å². The second-order valence-corrected chi connectivity index (χ2v) is 8.11. The minimum absolute atomic E-state index is 0.0649. The van der Waals surface area contributed by atoms with E-state index < -0.39 is 36.3 Å². The lowest BCUT2D eigenvalue weighted by molar-refractivity contribution is -0.274. The lowest BCUT2D eigenvalue weighted by Gasteiger charge is -2.32. The molecule has 0 unspecified atom stereocenters. The van der Waals surface area contributed by atoms with Crippen LogP contribution in [0.2, 0.25) is 0 Å². The Kier molecular flexibility index (Phi) is 4.55. The minimum atomic E-state index is -4.84. The summed E-state index contributed by atoms with van der Waals surface area (Å²) in [5, 5.41) is 2.56. The van der Waals surface area contributed by atoms with Gasteiger partial charge in [-0.25, -0.2) is 0 Å². The SMILES string of the molecule is CC1(C)OB(c2ccc3c(c2)C(=O)Nc2cc(OC(F)(F)F)ccc2O3)OC1(C)C. The molecule has 4 rings (SSSR count). The Morgan fingerprint density at radius 1 is 0.967 bits per heavy atom. The number of benzene rings is 2. The molecule has 2 aliphatic rings. The molecular formula is C20H19BF3NO5. The average molecular weight is 421 g/mol. The fraction of sp³-hybridized carbons (Fsp3) is 0.350. The Balaban J connectivity index is 1.63. The number of carbonyl (C=O) groups excluding carboxylic acids is 1. The summed E-state index contributed by atoms with van der Waals surface area (Å²) in [5.41, 5.74) is -0.201. The number of nitrogens with one attached hydrogen (secondary N) is 1. The zero-order valence-corrected chi connectivity index (χ0v) is 16.7. The number of ether oxygens (including phenoxy) is 2. The van der Waals surface area contributed by atoms with Crippen molar-refractivity contribution in [1.29, 1.82) is 0 Å². The van der Waals surface area contributed by atoms with Gasteiger partial charge < -0.3 is 24.1 Å². The summed E-state index contributed by atoms with van der Waals surface area (Å²) < 4.78 is 59.1. The van der Waals surface area contributed by atoms with Crippen LogP contribution in [0, 0.1) is 0 Å². The van der Waals surface area contributed by atoms with Gasteiger partial charge in [-0.05, 0) is 57.4 Å². The van der Waals surface area contributed by atoms with Crippen molar-refractivity contribution in [2.24, 2.45) is 0 Å². The van der Waals surface area contributed by atoms with Crippen LogP contribution in [0.1, 0.15) is 38.1 Å². The molecule has 0 radical (unpaired) electrons. The maximum absolute atomic E-state index is 12.8. The van der Waals surface area contributed by atoms with E-state index in [0.717, 1.165) is 12.1 Å². The Hall–Kier alpha value is -2.72. The molecule has 0 atom stereocenters. The van der Waals surface area contributed by atoms with Gasteiger partial charge in [0.2, 0.25) is 0 Å². The molecule has 1 amide bonds. The van der Waals surface area contributed by atoms with Crippen molar-refractivity contribution in [1.82, 2.24) is 0 Å². The fourth-order valence-corrected chi connectivity index (χ4v) is 3.14. The van der Waals surface area contributed by atoms with Crippen LogP contribution >= 0.6 is 0 Å². The van der Waals surface area contributed by atoms with Gasteiger partial charge in [-0.15, -0.1) is 13.2 Å². The predicted octanol–water partition coefficient (Wildman–Crippen LogP) is 4.24. The number of fused-ring (bicyclic) bond motifs is 2. The topological polar surface area (TPSA) is 66.0 Å². The van der Waals surface area contributed by atoms with Crippen molar-refractivity contribution in [3.05, 3.63) is 42.0 Å². The van der Waals surface area contributed by atoms with Crippen molar-refractivity contribution in [2.75, 3.05) is 5.32 Å².